The number of halogens is 1. The maximum absolute atomic E-state index is 12.5. The molecule has 2 aromatic carbocycles. The first kappa shape index (κ1) is 23.4. The highest BCUT2D eigenvalue weighted by Gasteiger charge is 2.29. The maximum atomic E-state index is 12.5. The zero-order chi connectivity index (χ0) is 25.4. The highest BCUT2D eigenvalue weighted by atomic mass is 35.5. The molecule has 184 valence electrons. The molecule has 0 aliphatic carbocycles. The number of methoxy groups -OCH3 is 1. The van der Waals surface area contributed by atoms with Crippen molar-refractivity contribution in [2.45, 2.75) is 13.1 Å². The van der Waals surface area contributed by atoms with Crippen molar-refractivity contribution in [3.63, 3.8) is 0 Å². The highest BCUT2D eigenvalue weighted by Crippen LogP contribution is 2.32. The van der Waals surface area contributed by atoms with Gasteiger partial charge in [-0.3, -0.25) is 14.9 Å². The molecule has 0 bridgehead atoms. The average molecular weight is 509 g/mol. The summed E-state index contributed by atoms with van der Waals surface area (Å²) in [4.78, 5) is 22.5. The minimum atomic E-state index is -0.797. The van der Waals surface area contributed by atoms with E-state index in [2.05, 4.69) is 15.5 Å². The number of fused-ring (bicyclic) bond motifs is 3. The molecule has 11 nitrogen and oxygen atoms in total. The monoisotopic (exact) mass is 508 g/mol. The lowest BCUT2D eigenvalue weighted by Crippen LogP contribution is -2.33. The molecule has 0 amide bonds. The van der Waals surface area contributed by atoms with Crippen LogP contribution in [0.4, 0.5) is 0 Å². The van der Waals surface area contributed by atoms with Crippen LogP contribution < -0.4 is 14.9 Å². The van der Waals surface area contributed by atoms with Gasteiger partial charge in [0.15, 0.2) is 12.0 Å². The normalized spacial score (nSPS) is 14.4. The first-order valence-electron chi connectivity index (χ1n) is 10.8. The first-order valence-corrected chi connectivity index (χ1v) is 11.2. The third kappa shape index (κ3) is 4.25. The van der Waals surface area contributed by atoms with E-state index in [4.69, 9.17) is 26.2 Å². The molecule has 0 unspecified atom stereocenters. The molecular weight excluding hydrogens is 488 g/mol. The number of nitrogens with zero attached hydrogens (tertiary/aromatic N) is 5. The Kier molecular flexibility index (Phi) is 6.08. The third-order valence-electron chi connectivity index (χ3n) is 5.60. The number of hydrogen-bond acceptors (Lipinski definition) is 9. The van der Waals surface area contributed by atoms with Crippen molar-refractivity contribution in [2.24, 2.45) is 4.99 Å². The van der Waals surface area contributed by atoms with Gasteiger partial charge in [-0.1, -0.05) is 23.7 Å². The fraction of sp³-hybridized carbons (Fsp3) is 0.167. The van der Waals surface area contributed by atoms with Crippen molar-refractivity contribution in [1.82, 2.24) is 24.8 Å². The molecule has 0 saturated heterocycles. The summed E-state index contributed by atoms with van der Waals surface area (Å²) in [5, 5.41) is 31.6. The lowest BCUT2D eigenvalue weighted by Gasteiger charge is -2.14. The number of aromatic nitrogens is 4. The summed E-state index contributed by atoms with van der Waals surface area (Å²) in [5.74, 6) is 0.120. The van der Waals surface area contributed by atoms with Gasteiger partial charge in [0.1, 0.15) is 11.6 Å². The van der Waals surface area contributed by atoms with E-state index in [0.29, 0.717) is 32.9 Å². The summed E-state index contributed by atoms with van der Waals surface area (Å²) in [6.07, 6.45) is -0.797. The molecule has 36 heavy (non-hydrogen) atoms. The second-order valence-corrected chi connectivity index (χ2v) is 8.34. The molecule has 1 atom stereocenters. The van der Waals surface area contributed by atoms with E-state index in [1.54, 1.807) is 19.2 Å². The van der Waals surface area contributed by atoms with Crippen LogP contribution in [-0.4, -0.2) is 55.0 Å². The molecule has 12 heteroatoms. The van der Waals surface area contributed by atoms with Crippen molar-refractivity contribution in [3.05, 3.63) is 82.4 Å². The van der Waals surface area contributed by atoms with Crippen molar-refractivity contribution in [3.8, 4) is 23.2 Å². The van der Waals surface area contributed by atoms with Gasteiger partial charge in [-0.05, 0) is 37.3 Å². The molecule has 0 saturated carbocycles. The van der Waals surface area contributed by atoms with Crippen LogP contribution in [0.2, 0.25) is 5.02 Å². The average Bonchev–Trinajstić information content (AvgIpc) is 3.36. The topological polar surface area (TPSA) is 136 Å². The van der Waals surface area contributed by atoms with Crippen molar-refractivity contribution in [2.75, 3.05) is 13.7 Å². The lowest BCUT2D eigenvalue weighted by atomic mass is 10.00. The number of hydrogen-bond donors (Lipinski definition) is 3. The van der Waals surface area contributed by atoms with Crippen molar-refractivity contribution >= 4 is 23.3 Å². The number of carbonyl (C=O) groups excluding carboxylic acids is 1. The number of rotatable bonds is 6. The van der Waals surface area contributed by atoms with E-state index in [9.17, 15) is 15.0 Å². The van der Waals surface area contributed by atoms with Gasteiger partial charge in [-0.15, -0.1) is 14.9 Å². The lowest BCUT2D eigenvalue weighted by molar-refractivity contribution is -0.144. The molecule has 3 heterocycles. The molecule has 3 N–H and O–H groups in total. The van der Waals surface area contributed by atoms with Gasteiger partial charge < -0.3 is 19.8 Å². The zero-order valence-corrected chi connectivity index (χ0v) is 20.0. The zero-order valence-electron chi connectivity index (χ0n) is 19.2. The van der Waals surface area contributed by atoms with E-state index in [1.165, 1.54) is 12.1 Å². The molecule has 0 fully saturated rings. The summed E-state index contributed by atoms with van der Waals surface area (Å²) in [7, 11) is 1.59. The molecule has 1 aliphatic rings. The number of aromatic hydroxyl groups is 2. The smallest absolute Gasteiger partial charge is 0.346 e. The maximum Gasteiger partial charge on any atom is 0.346 e. The van der Waals surface area contributed by atoms with Crippen LogP contribution in [0, 0.1) is 6.92 Å². The predicted octanol–water partition coefficient (Wildman–Crippen LogP) is 2.55. The minimum absolute atomic E-state index is 0.315. The second kappa shape index (κ2) is 9.36. The van der Waals surface area contributed by atoms with E-state index < -0.39 is 23.9 Å². The Balaban J connectivity index is 1.55. The van der Waals surface area contributed by atoms with E-state index in [1.807, 2.05) is 41.8 Å². The van der Waals surface area contributed by atoms with Gasteiger partial charge in [0.05, 0.1) is 25.1 Å². The van der Waals surface area contributed by atoms with Gasteiger partial charge in [0, 0.05) is 28.3 Å². The Morgan fingerprint density at radius 3 is 2.50 bits per heavy atom. The molecule has 2 aromatic heterocycles. The van der Waals surface area contributed by atoms with Crippen LogP contribution in [0.1, 0.15) is 28.9 Å². The summed E-state index contributed by atoms with van der Waals surface area (Å²) >= 11 is 6.12. The number of benzene rings is 2. The Morgan fingerprint density at radius 2 is 1.81 bits per heavy atom. The number of carbonyl (C=O) groups is 1. The van der Waals surface area contributed by atoms with Gasteiger partial charge in [0.25, 0.3) is 0 Å². The van der Waals surface area contributed by atoms with Gasteiger partial charge >= 0.3 is 5.97 Å². The Hall–Kier alpha value is -4.35. The van der Waals surface area contributed by atoms with Gasteiger partial charge in [-0.2, -0.15) is 0 Å². The second-order valence-electron chi connectivity index (χ2n) is 7.90. The third-order valence-corrected chi connectivity index (χ3v) is 5.85. The highest BCUT2D eigenvalue weighted by molar-refractivity contribution is 6.30. The van der Waals surface area contributed by atoms with Crippen LogP contribution in [0.3, 0.4) is 0 Å². The van der Waals surface area contributed by atoms with Crippen LogP contribution in [0.5, 0.6) is 17.5 Å². The summed E-state index contributed by atoms with van der Waals surface area (Å²) in [6, 6.07) is 15.2. The molecule has 4 aromatic rings. The Morgan fingerprint density at radius 1 is 1.08 bits per heavy atom. The quantitative estimate of drug-likeness (QED) is 0.361. The number of nitrogens with one attached hydrogen (secondary N) is 1. The fourth-order valence-corrected chi connectivity index (χ4v) is 4.05. The Labute approximate surface area is 210 Å². The van der Waals surface area contributed by atoms with Crippen molar-refractivity contribution in [1.29, 1.82) is 0 Å². The van der Waals surface area contributed by atoms with E-state index in [-0.39, 0.29) is 6.54 Å². The standard InChI is InChI=1S/C24H21ClN6O5/c1-13-28-29-24-23(26-12-21(34)36-31-19(32)9-10-20(31)33)27-22(14-3-5-15(25)6-4-14)17-11-16(35-2)7-8-18(17)30(13)24/h3-11,23,26,32-33H,12H2,1-2H3/t23-/m0/s1. The number of ether oxygens (including phenoxy) is 1. The molecular formula is C24H21ClN6O5. The number of aryl methyl sites for hydroxylation is 1. The fourth-order valence-electron chi connectivity index (χ4n) is 3.92. The Bertz CT molecular complexity index is 1460. The molecule has 5 rings (SSSR count). The summed E-state index contributed by atoms with van der Waals surface area (Å²) in [5.41, 5.74) is 2.98. The van der Waals surface area contributed by atoms with Crippen LogP contribution in [0.15, 0.2) is 59.6 Å². The van der Waals surface area contributed by atoms with E-state index >= 15 is 0 Å². The minimum Gasteiger partial charge on any atom is -0.497 e. The van der Waals surface area contributed by atoms with Gasteiger partial charge in [-0.25, -0.2) is 4.79 Å². The molecule has 0 spiro atoms. The van der Waals surface area contributed by atoms with Crippen molar-refractivity contribution < 1.29 is 24.6 Å². The van der Waals surface area contributed by atoms with Crippen LogP contribution in [-0.2, 0) is 4.79 Å². The summed E-state index contributed by atoms with van der Waals surface area (Å²) in [6.45, 7) is 1.51. The number of aliphatic imine (C=N–C) groups is 1. The van der Waals surface area contributed by atoms with Crippen LogP contribution >= 0.6 is 11.6 Å². The largest absolute Gasteiger partial charge is 0.497 e. The predicted molar refractivity (Wildman–Crippen MR) is 130 cm³/mol. The first-order chi connectivity index (χ1) is 17.4. The van der Waals surface area contributed by atoms with Gasteiger partial charge in [0.2, 0.25) is 11.8 Å². The SMILES string of the molecule is COc1ccc2c(c1)C(c1ccc(Cl)cc1)=N[C@H](NCC(=O)On1c(O)ccc1O)c1nnc(C)n1-2. The van der Waals surface area contributed by atoms with Crippen LogP contribution in [0.25, 0.3) is 5.69 Å². The summed E-state index contributed by atoms with van der Waals surface area (Å²) < 4.78 is 7.94. The molecule has 0 radical (unpaired) electrons. The molecule has 1 aliphatic heterocycles. The van der Waals surface area contributed by atoms with E-state index in [0.717, 1.165) is 16.8 Å².